The van der Waals surface area contributed by atoms with Gasteiger partial charge in [-0.3, -0.25) is 0 Å². The lowest BCUT2D eigenvalue weighted by atomic mass is 9.93. The van der Waals surface area contributed by atoms with Crippen molar-refractivity contribution >= 4 is 17.7 Å². The second-order valence-corrected chi connectivity index (χ2v) is 10.7. The van der Waals surface area contributed by atoms with Crippen molar-refractivity contribution < 1.29 is 19.0 Å². The molecule has 174 valence electrons. The highest BCUT2D eigenvalue weighted by atomic mass is 35.5. The van der Waals surface area contributed by atoms with Gasteiger partial charge in [0.2, 0.25) is 0 Å². The zero-order chi connectivity index (χ0) is 22.9. The fourth-order valence-corrected chi connectivity index (χ4v) is 5.45. The number of fused-ring (bicyclic) bond motifs is 2. The summed E-state index contributed by atoms with van der Waals surface area (Å²) in [4.78, 5) is 14.6. The van der Waals surface area contributed by atoms with Gasteiger partial charge in [0.1, 0.15) is 17.4 Å². The number of ether oxygens (including phenoxy) is 3. The molecule has 0 N–H and O–H groups in total. The number of nitrogens with zero attached hydrogens (tertiary/aromatic N) is 2. The molecule has 3 fully saturated rings. The van der Waals surface area contributed by atoms with E-state index in [1.807, 2.05) is 25.7 Å². The van der Waals surface area contributed by atoms with Crippen LogP contribution in [-0.2, 0) is 9.47 Å². The van der Waals surface area contributed by atoms with E-state index in [9.17, 15) is 10.1 Å². The Morgan fingerprint density at radius 2 is 1.66 bits per heavy atom. The number of hydrogen-bond acceptors (Lipinski definition) is 5. The molecule has 0 aromatic heterocycles. The highest BCUT2D eigenvalue weighted by Gasteiger charge is 2.45. The smallest absolute Gasteiger partial charge is 0.410 e. The maximum atomic E-state index is 12.6. The standard InChI is InChI=1S/C25H33ClN2O4/c1-25(2,3)32-24(29)28-18-5-6-19(28)14-22(13-18)30-20-7-9-21(10-8-20)31-23-11-4-17(26)12-16(23)15-27/h4,11-12,18-22H,5-10,13-14H2,1-3H3/t18-,19+,20?,21?,22?. The fraction of sp³-hybridized carbons (Fsp3) is 0.680. The summed E-state index contributed by atoms with van der Waals surface area (Å²) in [6, 6.07) is 7.78. The highest BCUT2D eigenvalue weighted by molar-refractivity contribution is 6.30. The van der Waals surface area contributed by atoms with Gasteiger partial charge in [0.25, 0.3) is 0 Å². The predicted octanol–water partition coefficient (Wildman–Crippen LogP) is 5.85. The largest absolute Gasteiger partial charge is 0.489 e. The van der Waals surface area contributed by atoms with Crippen LogP contribution in [0, 0.1) is 11.3 Å². The topological polar surface area (TPSA) is 71.8 Å². The summed E-state index contributed by atoms with van der Waals surface area (Å²) >= 11 is 5.98. The second-order valence-electron chi connectivity index (χ2n) is 10.3. The predicted molar refractivity (Wildman–Crippen MR) is 122 cm³/mol. The van der Waals surface area contributed by atoms with Gasteiger partial charge in [0.15, 0.2) is 0 Å². The molecule has 7 heteroatoms. The molecular weight excluding hydrogens is 428 g/mol. The molecule has 2 aliphatic heterocycles. The second kappa shape index (κ2) is 9.49. The molecule has 2 bridgehead atoms. The normalized spacial score (nSPS) is 30.0. The number of amides is 1. The summed E-state index contributed by atoms with van der Waals surface area (Å²) in [6.07, 6.45) is 7.90. The minimum Gasteiger partial charge on any atom is -0.489 e. The van der Waals surface area contributed by atoms with Crippen LogP contribution in [0.3, 0.4) is 0 Å². The third-order valence-electron chi connectivity index (χ3n) is 6.66. The van der Waals surface area contributed by atoms with Crippen LogP contribution in [0.15, 0.2) is 18.2 Å². The van der Waals surface area contributed by atoms with Gasteiger partial charge in [-0.1, -0.05) is 11.6 Å². The quantitative estimate of drug-likeness (QED) is 0.563. The van der Waals surface area contributed by atoms with E-state index in [1.165, 1.54) is 0 Å². The van der Waals surface area contributed by atoms with Crippen LogP contribution in [0.5, 0.6) is 5.75 Å². The number of halogens is 1. The summed E-state index contributed by atoms with van der Waals surface area (Å²) in [5.41, 5.74) is 0.00743. The summed E-state index contributed by atoms with van der Waals surface area (Å²) in [6.45, 7) is 5.74. The Morgan fingerprint density at radius 3 is 2.25 bits per heavy atom. The lowest BCUT2D eigenvalue weighted by Gasteiger charge is -2.41. The first kappa shape index (κ1) is 23.2. The Kier molecular flexibility index (Phi) is 6.88. The van der Waals surface area contributed by atoms with Crippen molar-refractivity contribution in [2.75, 3.05) is 0 Å². The molecule has 0 radical (unpaired) electrons. The van der Waals surface area contributed by atoms with Crippen molar-refractivity contribution in [3.05, 3.63) is 28.8 Å². The molecular formula is C25H33ClN2O4. The van der Waals surface area contributed by atoms with E-state index < -0.39 is 5.60 Å². The van der Waals surface area contributed by atoms with E-state index in [4.69, 9.17) is 25.8 Å². The number of nitriles is 1. The average Bonchev–Trinajstić information content (AvgIpc) is 3.00. The lowest BCUT2D eigenvalue weighted by Crippen LogP contribution is -2.50. The first-order chi connectivity index (χ1) is 15.2. The van der Waals surface area contributed by atoms with Crippen LogP contribution in [0.2, 0.25) is 5.02 Å². The van der Waals surface area contributed by atoms with E-state index in [1.54, 1.807) is 18.2 Å². The van der Waals surface area contributed by atoms with Gasteiger partial charge >= 0.3 is 6.09 Å². The molecule has 4 rings (SSSR count). The average molecular weight is 461 g/mol. The van der Waals surface area contributed by atoms with Crippen molar-refractivity contribution in [2.24, 2.45) is 0 Å². The van der Waals surface area contributed by atoms with Crippen molar-refractivity contribution in [1.29, 1.82) is 5.26 Å². The highest BCUT2D eigenvalue weighted by Crippen LogP contribution is 2.39. The molecule has 1 amide bonds. The minimum atomic E-state index is -0.468. The van der Waals surface area contributed by atoms with E-state index in [2.05, 4.69) is 6.07 Å². The van der Waals surface area contributed by atoms with Crippen LogP contribution in [-0.4, -0.2) is 47.0 Å². The van der Waals surface area contributed by atoms with Crippen LogP contribution in [0.1, 0.15) is 77.7 Å². The van der Waals surface area contributed by atoms with Gasteiger partial charge in [0.05, 0.1) is 23.9 Å². The number of piperidine rings is 1. The van der Waals surface area contributed by atoms with Crippen LogP contribution < -0.4 is 4.74 Å². The summed E-state index contributed by atoms with van der Waals surface area (Å²) in [5, 5.41) is 9.85. The molecule has 1 aromatic carbocycles. The minimum absolute atomic E-state index is 0.0910. The number of benzene rings is 1. The van der Waals surface area contributed by atoms with E-state index in [-0.39, 0.29) is 36.5 Å². The van der Waals surface area contributed by atoms with Gasteiger partial charge in [-0.2, -0.15) is 5.26 Å². The zero-order valence-electron chi connectivity index (χ0n) is 19.2. The van der Waals surface area contributed by atoms with Gasteiger partial charge in [-0.25, -0.2) is 4.79 Å². The molecule has 2 heterocycles. The van der Waals surface area contributed by atoms with Gasteiger partial charge < -0.3 is 19.1 Å². The molecule has 32 heavy (non-hydrogen) atoms. The first-order valence-corrected chi connectivity index (χ1v) is 12.1. The van der Waals surface area contributed by atoms with Crippen molar-refractivity contribution in [3.63, 3.8) is 0 Å². The van der Waals surface area contributed by atoms with Gasteiger partial charge in [-0.15, -0.1) is 0 Å². The van der Waals surface area contributed by atoms with Gasteiger partial charge in [-0.05, 0) is 90.3 Å². The summed E-state index contributed by atoms with van der Waals surface area (Å²) < 4.78 is 18.2. The van der Waals surface area contributed by atoms with E-state index >= 15 is 0 Å². The van der Waals surface area contributed by atoms with E-state index in [0.717, 1.165) is 51.4 Å². The Hall–Kier alpha value is -1.97. The Labute approximate surface area is 195 Å². The number of rotatable bonds is 4. The number of hydrogen-bond donors (Lipinski definition) is 0. The molecule has 1 unspecified atom stereocenters. The lowest BCUT2D eigenvalue weighted by molar-refractivity contribution is -0.0812. The SMILES string of the molecule is CC(C)(C)OC(=O)N1[C@@H]2CC[C@H]1CC(OC1CCC(Oc3ccc(Cl)cc3C#N)CC1)C2. The number of carbonyl (C=O) groups is 1. The molecule has 0 spiro atoms. The van der Waals surface area contributed by atoms with Crippen molar-refractivity contribution in [1.82, 2.24) is 4.90 Å². The molecule has 1 aliphatic carbocycles. The Morgan fingerprint density at radius 1 is 1.03 bits per heavy atom. The van der Waals surface area contributed by atoms with Crippen LogP contribution in [0.4, 0.5) is 4.79 Å². The van der Waals surface area contributed by atoms with Crippen molar-refractivity contribution in [3.8, 4) is 11.8 Å². The van der Waals surface area contributed by atoms with Crippen molar-refractivity contribution in [2.45, 2.75) is 108 Å². The maximum Gasteiger partial charge on any atom is 0.410 e. The molecule has 3 atom stereocenters. The molecule has 1 aromatic rings. The van der Waals surface area contributed by atoms with Crippen LogP contribution >= 0.6 is 11.6 Å². The monoisotopic (exact) mass is 460 g/mol. The Bertz CT molecular complexity index is 856. The van der Waals surface area contributed by atoms with Crippen LogP contribution in [0.25, 0.3) is 0 Å². The third-order valence-corrected chi connectivity index (χ3v) is 6.89. The maximum absolute atomic E-state index is 12.6. The summed E-state index contributed by atoms with van der Waals surface area (Å²) in [5.74, 6) is 0.604. The molecule has 2 saturated heterocycles. The first-order valence-electron chi connectivity index (χ1n) is 11.7. The Balaban J connectivity index is 1.25. The zero-order valence-corrected chi connectivity index (χ0v) is 19.9. The molecule has 1 saturated carbocycles. The molecule has 6 nitrogen and oxygen atoms in total. The third kappa shape index (κ3) is 5.50. The fourth-order valence-electron chi connectivity index (χ4n) is 5.28. The van der Waals surface area contributed by atoms with Gasteiger partial charge in [0, 0.05) is 17.1 Å². The number of carbonyl (C=O) groups excluding carboxylic acids is 1. The molecule has 3 aliphatic rings. The summed E-state index contributed by atoms with van der Waals surface area (Å²) in [7, 11) is 0. The van der Waals surface area contributed by atoms with E-state index in [0.29, 0.717) is 16.3 Å².